The summed E-state index contributed by atoms with van der Waals surface area (Å²) in [5, 5.41) is 8.86. The Kier molecular flexibility index (Phi) is 3.69. The molecule has 0 aliphatic rings. The second-order valence-corrected chi connectivity index (χ2v) is 2.98. The van der Waals surface area contributed by atoms with Gasteiger partial charge in [0.15, 0.2) is 5.92 Å². The molecule has 0 aromatic heterocycles. The quantitative estimate of drug-likeness (QED) is 0.597. The molecule has 0 saturated heterocycles. The van der Waals surface area contributed by atoms with Gasteiger partial charge in [-0.15, -0.1) is 0 Å². The van der Waals surface area contributed by atoms with Gasteiger partial charge in [0.2, 0.25) is 0 Å². The summed E-state index contributed by atoms with van der Waals surface area (Å²) in [6, 6.07) is 8.52. The molecular weight excluding hydrogens is 192 g/mol. The first kappa shape index (κ1) is 11.1. The lowest BCUT2D eigenvalue weighted by atomic mass is 10.0. The minimum atomic E-state index is -0.870. The minimum Gasteiger partial charge on any atom is -0.465 e. The van der Waals surface area contributed by atoms with Gasteiger partial charge in [-0.2, -0.15) is 5.26 Å². The van der Waals surface area contributed by atoms with Gasteiger partial charge in [0.25, 0.3) is 0 Å². The molecule has 0 fully saturated rings. The summed E-state index contributed by atoms with van der Waals surface area (Å²) in [5.41, 5.74) is 6.70. The number of hydrogen-bond donors (Lipinski definition) is 1. The van der Waals surface area contributed by atoms with Crippen molar-refractivity contribution >= 4 is 11.7 Å². The molecule has 1 atom stereocenters. The van der Waals surface area contributed by atoms with Crippen molar-refractivity contribution in [2.24, 2.45) is 0 Å². The summed E-state index contributed by atoms with van der Waals surface area (Å²) >= 11 is 0. The molecule has 4 nitrogen and oxygen atoms in total. The van der Waals surface area contributed by atoms with Crippen molar-refractivity contribution in [3.63, 3.8) is 0 Å². The van der Waals surface area contributed by atoms with Crippen LogP contribution in [0.5, 0.6) is 0 Å². The van der Waals surface area contributed by atoms with Gasteiger partial charge in [0.1, 0.15) is 0 Å². The van der Waals surface area contributed by atoms with Crippen molar-refractivity contribution < 1.29 is 9.53 Å². The summed E-state index contributed by atoms with van der Waals surface area (Å²) in [4.78, 5) is 11.4. The van der Waals surface area contributed by atoms with Crippen LogP contribution in [0.15, 0.2) is 24.3 Å². The zero-order chi connectivity index (χ0) is 11.3. The number of rotatable bonds is 3. The van der Waals surface area contributed by atoms with Gasteiger partial charge in [-0.25, -0.2) is 0 Å². The maximum atomic E-state index is 11.4. The van der Waals surface area contributed by atoms with Crippen molar-refractivity contribution in [1.29, 1.82) is 5.26 Å². The minimum absolute atomic E-state index is 0.270. The molecule has 0 aliphatic heterocycles. The number of anilines is 1. The second kappa shape index (κ2) is 5.01. The normalized spacial score (nSPS) is 11.5. The third-order valence-corrected chi connectivity index (χ3v) is 1.92. The Labute approximate surface area is 88.3 Å². The van der Waals surface area contributed by atoms with Gasteiger partial charge >= 0.3 is 5.97 Å². The third-order valence-electron chi connectivity index (χ3n) is 1.92. The Balaban J connectivity index is 2.89. The summed E-state index contributed by atoms with van der Waals surface area (Å²) in [6.07, 6.45) is 0. The smallest absolute Gasteiger partial charge is 0.327 e. The van der Waals surface area contributed by atoms with E-state index in [1.807, 2.05) is 6.07 Å². The van der Waals surface area contributed by atoms with E-state index in [0.717, 1.165) is 0 Å². The summed E-state index contributed by atoms with van der Waals surface area (Å²) in [7, 11) is 0. The molecule has 0 radical (unpaired) electrons. The molecular formula is C11H12N2O2. The molecule has 1 unspecified atom stereocenters. The molecule has 4 heteroatoms. The van der Waals surface area contributed by atoms with Crippen molar-refractivity contribution in [3.05, 3.63) is 29.8 Å². The van der Waals surface area contributed by atoms with Crippen molar-refractivity contribution in [2.75, 3.05) is 12.3 Å². The van der Waals surface area contributed by atoms with Crippen LogP contribution < -0.4 is 5.73 Å². The molecule has 1 rings (SSSR count). The van der Waals surface area contributed by atoms with Crippen LogP contribution in [0, 0.1) is 11.3 Å². The maximum Gasteiger partial charge on any atom is 0.327 e. The lowest BCUT2D eigenvalue weighted by molar-refractivity contribution is -0.143. The van der Waals surface area contributed by atoms with Crippen LogP contribution in [0.1, 0.15) is 18.4 Å². The molecule has 78 valence electrons. The Morgan fingerprint density at radius 3 is 2.60 bits per heavy atom. The predicted molar refractivity (Wildman–Crippen MR) is 55.8 cm³/mol. The number of esters is 1. The molecule has 0 spiro atoms. The van der Waals surface area contributed by atoms with E-state index in [2.05, 4.69) is 0 Å². The molecule has 0 saturated carbocycles. The Hall–Kier alpha value is -2.02. The Morgan fingerprint density at radius 1 is 1.53 bits per heavy atom. The highest BCUT2D eigenvalue weighted by Gasteiger charge is 2.20. The van der Waals surface area contributed by atoms with Gasteiger partial charge < -0.3 is 10.5 Å². The molecule has 1 aromatic rings. The monoisotopic (exact) mass is 204 g/mol. The Morgan fingerprint density at radius 2 is 2.13 bits per heavy atom. The van der Waals surface area contributed by atoms with E-state index < -0.39 is 11.9 Å². The lowest BCUT2D eigenvalue weighted by Crippen LogP contribution is -2.14. The number of nitriles is 1. The summed E-state index contributed by atoms with van der Waals surface area (Å²) in [6.45, 7) is 1.97. The number of hydrogen-bond acceptors (Lipinski definition) is 4. The van der Waals surface area contributed by atoms with Gasteiger partial charge in [-0.3, -0.25) is 4.79 Å². The molecule has 0 bridgehead atoms. The highest BCUT2D eigenvalue weighted by molar-refractivity contribution is 5.81. The highest BCUT2D eigenvalue weighted by atomic mass is 16.5. The zero-order valence-corrected chi connectivity index (χ0v) is 8.43. The molecule has 15 heavy (non-hydrogen) atoms. The zero-order valence-electron chi connectivity index (χ0n) is 8.43. The lowest BCUT2D eigenvalue weighted by Gasteiger charge is -2.08. The number of ether oxygens (including phenoxy) is 1. The van der Waals surface area contributed by atoms with E-state index in [4.69, 9.17) is 15.7 Å². The third kappa shape index (κ3) is 2.71. The fourth-order valence-corrected chi connectivity index (χ4v) is 1.18. The molecule has 2 N–H and O–H groups in total. The van der Waals surface area contributed by atoms with Gasteiger partial charge in [-0.1, -0.05) is 12.1 Å². The first-order valence-corrected chi connectivity index (χ1v) is 4.60. The molecule has 1 aromatic carbocycles. The summed E-state index contributed by atoms with van der Waals surface area (Å²) in [5.74, 6) is -1.39. The van der Waals surface area contributed by atoms with Crippen LogP contribution in [0.4, 0.5) is 5.69 Å². The van der Waals surface area contributed by atoms with Crippen molar-refractivity contribution in [3.8, 4) is 6.07 Å². The van der Waals surface area contributed by atoms with Crippen LogP contribution in [-0.2, 0) is 9.53 Å². The highest BCUT2D eigenvalue weighted by Crippen LogP contribution is 2.18. The maximum absolute atomic E-state index is 11.4. The van der Waals surface area contributed by atoms with Crippen molar-refractivity contribution in [2.45, 2.75) is 12.8 Å². The Bertz CT molecular complexity index is 379. The van der Waals surface area contributed by atoms with Crippen LogP contribution in [0.3, 0.4) is 0 Å². The summed E-state index contributed by atoms with van der Waals surface area (Å²) < 4.78 is 4.79. The largest absolute Gasteiger partial charge is 0.465 e. The molecule has 0 aliphatic carbocycles. The van der Waals surface area contributed by atoms with Crippen LogP contribution in [-0.4, -0.2) is 12.6 Å². The van der Waals surface area contributed by atoms with E-state index >= 15 is 0 Å². The average Bonchev–Trinajstić information content (AvgIpc) is 2.22. The van der Waals surface area contributed by atoms with Gasteiger partial charge in [0, 0.05) is 5.69 Å². The number of carbonyl (C=O) groups is 1. The molecule has 0 heterocycles. The number of benzene rings is 1. The first-order valence-electron chi connectivity index (χ1n) is 4.60. The first-order chi connectivity index (χ1) is 7.19. The van der Waals surface area contributed by atoms with E-state index in [-0.39, 0.29) is 6.61 Å². The van der Waals surface area contributed by atoms with Crippen molar-refractivity contribution in [1.82, 2.24) is 0 Å². The second-order valence-electron chi connectivity index (χ2n) is 2.98. The average molecular weight is 204 g/mol. The predicted octanol–water partition coefficient (Wildman–Crippen LogP) is 1.44. The number of nitrogen functional groups attached to an aromatic ring is 1. The van der Waals surface area contributed by atoms with E-state index in [1.54, 1.807) is 31.2 Å². The number of nitrogens with zero attached hydrogens (tertiary/aromatic N) is 1. The van der Waals surface area contributed by atoms with E-state index in [0.29, 0.717) is 11.3 Å². The molecule has 0 amide bonds. The number of nitrogens with two attached hydrogens (primary N) is 1. The van der Waals surface area contributed by atoms with Crippen LogP contribution in [0.2, 0.25) is 0 Å². The van der Waals surface area contributed by atoms with Gasteiger partial charge in [0.05, 0.1) is 12.7 Å². The van der Waals surface area contributed by atoms with Gasteiger partial charge in [-0.05, 0) is 24.6 Å². The van der Waals surface area contributed by atoms with E-state index in [1.165, 1.54) is 0 Å². The van der Waals surface area contributed by atoms with E-state index in [9.17, 15) is 4.79 Å². The van der Waals surface area contributed by atoms with Crippen LogP contribution >= 0.6 is 0 Å². The fraction of sp³-hybridized carbons (Fsp3) is 0.273. The fourth-order valence-electron chi connectivity index (χ4n) is 1.18. The van der Waals surface area contributed by atoms with Crippen LogP contribution in [0.25, 0.3) is 0 Å². The standard InChI is InChI=1S/C11H12N2O2/c1-2-15-11(14)10(7-12)8-3-5-9(13)6-4-8/h3-6,10H,2,13H2,1H3. The SMILES string of the molecule is CCOC(=O)C(C#N)c1ccc(N)cc1. The number of carbonyl (C=O) groups excluding carboxylic acids is 1. The topological polar surface area (TPSA) is 76.1 Å².